The van der Waals surface area contributed by atoms with Gasteiger partial charge in [-0.2, -0.15) is 0 Å². The zero-order chi connectivity index (χ0) is 31.5. The van der Waals surface area contributed by atoms with Crippen molar-refractivity contribution in [2.24, 2.45) is 0 Å². The molecular formula is C27H46O14. The SMILES string of the molecule is CCC(=O)OCC(COC(=O)CC)OCCCC(=O)O.CCC(=O)OCC(COC(=O)CC)OCCCC(=O)OC. The van der Waals surface area contributed by atoms with Crippen LogP contribution < -0.4 is 0 Å². The highest BCUT2D eigenvalue weighted by Crippen LogP contribution is 2.03. The van der Waals surface area contributed by atoms with Crippen LogP contribution in [0, 0.1) is 0 Å². The Hall–Kier alpha value is -3.26. The van der Waals surface area contributed by atoms with Crippen LogP contribution in [0.1, 0.15) is 79.1 Å². The van der Waals surface area contributed by atoms with Crippen molar-refractivity contribution in [1.29, 1.82) is 0 Å². The molecule has 0 fully saturated rings. The molecule has 1 N–H and O–H groups in total. The summed E-state index contributed by atoms with van der Waals surface area (Å²) < 4.78 is 35.1. The van der Waals surface area contributed by atoms with Gasteiger partial charge in [0.15, 0.2) is 0 Å². The van der Waals surface area contributed by atoms with E-state index in [1.54, 1.807) is 27.7 Å². The number of methoxy groups -OCH3 is 1. The lowest BCUT2D eigenvalue weighted by molar-refractivity contribution is -0.156. The van der Waals surface area contributed by atoms with Gasteiger partial charge in [-0.25, -0.2) is 0 Å². The fraction of sp³-hybridized carbons (Fsp3) is 0.778. The Kier molecular flexibility index (Phi) is 26.2. The molecule has 0 rings (SSSR count). The van der Waals surface area contributed by atoms with Crippen molar-refractivity contribution in [3.63, 3.8) is 0 Å². The Morgan fingerprint density at radius 1 is 0.537 bits per heavy atom. The largest absolute Gasteiger partial charge is 0.481 e. The van der Waals surface area contributed by atoms with Crippen molar-refractivity contribution in [2.45, 2.75) is 91.3 Å². The average molecular weight is 595 g/mol. The molecule has 14 nitrogen and oxygen atoms in total. The van der Waals surface area contributed by atoms with Crippen LogP contribution in [0.5, 0.6) is 0 Å². The third-order valence-corrected chi connectivity index (χ3v) is 4.87. The van der Waals surface area contributed by atoms with Crippen molar-refractivity contribution in [2.75, 3.05) is 46.8 Å². The predicted molar refractivity (Wildman–Crippen MR) is 143 cm³/mol. The quantitative estimate of drug-likeness (QED) is 0.109. The van der Waals surface area contributed by atoms with Gasteiger partial charge in [0.2, 0.25) is 0 Å². The maximum atomic E-state index is 11.1. The topological polar surface area (TPSA) is 187 Å². The fourth-order valence-electron chi connectivity index (χ4n) is 2.48. The minimum absolute atomic E-state index is 0.00375. The number of carboxylic acids is 1. The van der Waals surface area contributed by atoms with E-state index >= 15 is 0 Å². The molecule has 0 heterocycles. The van der Waals surface area contributed by atoms with Crippen LogP contribution in [0.15, 0.2) is 0 Å². The van der Waals surface area contributed by atoms with E-state index in [4.69, 9.17) is 33.5 Å². The Morgan fingerprint density at radius 3 is 1.12 bits per heavy atom. The second kappa shape index (κ2) is 26.9. The summed E-state index contributed by atoms with van der Waals surface area (Å²) in [5, 5.41) is 8.50. The summed E-state index contributed by atoms with van der Waals surface area (Å²) in [5.74, 6) is -2.65. The van der Waals surface area contributed by atoms with Gasteiger partial charge >= 0.3 is 35.8 Å². The Balaban J connectivity index is 0. The van der Waals surface area contributed by atoms with E-state index in [2.05, 4.69) is 4.74 Å². The first-order valence-corrected chi connectivity index (χ1v) is 13.7. The Labute approximate surface area is 241 Å². The lowest BCUT2D eigenvalue weighted by Gasteiger charge is -2.17. The van der Waals surface area contributed by atoms with E-state index < -0.39 is 18.2 Å². The molecule has 0 amide bonds. The van der Waals surface area contributed by atoms with Crippen molar-refractivity contribution in [1.82, 2.24) is 0 Å². The molecule has 0 aliphatic rings. The first-order valence-electron chi connectivity index (χ1n) is 13.7. The minimum atomic E-state index is -0.903. The molecule has 0 radical (unpaired) electrons. The van der Waals surface area contributed by atoms with Crippen molar-refractivity contribution >= 4 is 35.8 Å². The van der Waals surface area contributed by atoms with Crippen LogP contribution in [0.25, 0.3) is 0 Å². The first-order chi connectivity index (χ1) is 19.5. The second-order valence-corrected chi connectivity index (χ2v) is 8.31. The van der Waals surface area contributed by atoms with Crippen LogP contribution in [-0.2, 0) is 61.9 Å². The molecular weight excluding hydrogens is 548 g/mol. The molecule has 0 unspecified atom stereocenters. The van der Waals surface area contributed by atoms with Gasteiger partial charge in [0.05, 0.1) is 7.11 Å². The summed E-state index contributed by atoms with van der Waals surface area (Å²) in [6.07, 6.45) is 0.989. The lowest BCUT2D eigenvalue weighted by Crippen LogP contribution is -2.29. The van der Waals surface area contributed by atoms with Gasteiger partial charge in [-0.05, 0) is 12.8 Å². The van der Waals surface area contributed by atoms with E-state index in [0.717, 1.165) is 0 Å². The average Bonchev–Trinajstić information content (AvgIpc) is 2.98. The van der Waals surface area contributed by atoms with Crippen LogP contribution in [-0.4, -0.2) is 99.9 Å². The van der Waals surface area contributed by atoms with Gasteiger partial charge in [0.1, 0.15) is 38.6 Å². The van der Waals surface area contributed by atoms with Crippen molar-refractivity contribution < 1.29 is 67.0 Å². The molecule has 0 spiro atoms. The maximum Gasteiger partial charge on any atom is 0.305 e. The van der Waals surface area contributed by atoms with E-state index in [1.165, 1.54) is 7.11 Å². The number of hydrogen-bond acceptors (Lipinski definition) is 13. The molecule has 0 aromatic heterocycles. The minimum Gasteiger partial charge on any atom is -0.481 e. The number of rotatable bonds is 22. The van der Waals surface area contributed by atoms with Crippen LogP contribution in [0.2, 0.25) is 0 Å². The van der Waals surface area contributed by atoms with Gasteiger partial charge in [0.25, 0.3) is 0 Å². The van der Waals surface area contributed by atoms with Gasteiger partial charge in [0, 0.05) is 51.7 Å². The van der Waals surface area contributed by atoms with E-state index in [0.29, 0.717) is 12.8 Å². The van der Waals surface area contributed by atoms with Gasteiger partial charge in [-0.1, -0.05) is 27.7 Å². The molecule has 0 saturated heterocycles. The fourth-order valence-corrected chi connectivity index (χ4v) is 2.48. The molecule has 41 heavy (non-hydrogen) atoms. The number of ether oxygens (including phenoxy) is 7. The maximum absolute atomic E-state index is 11.1. The zero-order valence-corrected chi connectivity index (χ0v) is 24.8. The van der Waals surface area contributed by atoms with E-state index in [1.807, 2.05) is 0 Å². The zero-order valence-electron chi connectivity index (χ0n) is 24.8. The summed E-state index contributed by atoms with van der Waals surface area (Å²) in [4.78, 5) is 65.7. The highest BCUT2D eigenvalue weighted by molar-refractivity contribution is 5.70. The Bertz CT molecular complexity index is 727. The standard InChI is InChI=1S/C14H24O7.C13H22O7/c1-4-12(15)20-9-11(10-21-13(16)5-2)19-8-6-7-14(17)18-3;1-3-12(16)19-8-10(9-20-13(17)4-2)18-7-5-6-11(14)15/h11H,4-10H2,1-3H3;10H,3-9H2,1-2H3,(H,14,15). The number of aliphatic carboxylic acids is 1. The second-order valence-electron chi connectivity index (χ2n) is 8.31. The highest BCUT2D eigenvalue weighted by Gasteiger charge is 2.16. The van der Waals surface area contributed by atoms with E-state index in [9.17, 15) is 28.8 Å². The van der Waals surface area contributed by atoms with Gasteiger partial charge < -0.3 is 38.3 Å². The third-order valence-electron chi connectivity index (χ3n) is 4.87. The summed E-state index contributed by atoms with van der Waals surface area (Å²) in [6, 6.07) is 0. The molecule has 0 aliphatic carbocycles. The molecule has 0 atom stereocenters. The summed E-state index contributed by atoms with van der Waals surface area (Å²) in [6.45, 7) is 7.19. The Morgan fingerprint density at radius 2 is 0.854 bits per heavy atom. The highest BCUT2D eigenvalue weighted by atomic mass is 16.6. The molecule has 0 aromatic carbocycles. The van der Waals surface area contributed by atoms with Crippen molar-refractivity contribution in [3.05, 3.63) is 0 Å². The van der Waals surface area contributed by atoms with Gasteiger partial charge in [-0.3, -0.25) is 28.8 Å². The molecule has 14 heteroatoms. The molecule has 0 bridgehead atoms. The molecule has 0 saturated carbocycles. The van der Waals surface area contributed by atoms with Crippen molar-refractivity contribution in [3.8, 4) is 0 Å². The number of carbonyl (C=O) groups is 6. The summed E-state index contributed by atoms with van der Waals surface area (Å²) in [7, 11) is 1.32. The number of carboxylic acid groups (broad SMARTS) is 1. The molecule has 0 aliphatic heterocycles. The number of carbonyl (C=O) groups excluding carboxylic acids is 5. The van der Waals surface area contributed by atoms with E-state index in [-0.39, 0.29) is 108 Å². The molecule has 0 aromatic rings. The monoisotopic (exact) mass is 594 g/mol. The summed E-state index contributed by atoms with van der Waals surface area (Å²) in [5.41, 5.74) is 0. The first kappa shape index (κ1) is 39.9. The third kappa shape index (κ3) is 26.7. The lowest BCUT2D eigenvalue weighted by atomic mass is 10.3. The summed E-state index contributed by atoms with van der Waals surface area (Å²) >= 11 is 0. The normalized spacial score (nSPS) is 10.3. The van der Waals surface area contributed by atoms with Gasteiger partial charge in [-0.15, -0.1) is 0 Å². The van der Waals surface area contributed by atoms with Crippen LogP contribution in [0.4, 0.5) is 0 Å². The van der Waals surface area contributed by atoms with Crippen LogP contribution >= 0.6 is 0 Å². The molecule has 238 valence electrons. The van der Waals surface area contributed by atoms with Crippen LogP contribution in [0.3, 0.4) is 0 Å². The number of hydrogen-bond donors (Lipinski definition) is 1. The predicted octanol–water partition coefficient (Wildman–Crippen LogP) is 2.37. The smallest absolute Gasteiger partial charge is 0.305 e. The number of esters is 5.